The molecule has 0 atom stereocenters. The second kappa shape index (κ2) is 9.00. The number of benzene rings is 1. The maximum Gasteiger partial charge on any atom is 0.435 e. The van der Waals surface area contributed by atoms with Crippen LogP contribution in [-0.4, -0.2) is 34.1 Å². The molecule has 7 heteroatoms. The monoisotopic (exact) mass is 422 g/mol. The minimum atomic E-state index is -4.47. The number of imidazole rings is 1. The minimum Gasteiger partial charge on any atom is -0.312 e. The number of hydrogen-bond donors (Lipinski definition) is 0. The Morgan fingerprint density at radius 1 is 1.07 bits per heavy atom. The molecule has 0 fully saturated rings. The molecule has 166 valence electrons. The van der Waals surface area contributed by atoms with Gasteiger partial charge in [-0.15, -0.1) is 0 Å². The second-order valence-corrected chi connectivity index (χ2v) is 8.33. The quantitative estimate of drug-likeness (QED) is 0.548. The van der Waals surface area contributed by atoms with E-state index in [4.69, 9.17) is 0 Å². The molecule has 1 aliphatic heterocycles. The molecule has 1 aromatic carbocycles. The van der Waals surface area contributed by atoms with Crippen molar-refractivity contribution in [2.45, 2.75) is 73.1 Å². The molecular weight excluding hydrogens is 389 g/mol. The highest BCUT2D eigenvalue weighted by Gasteiger charge is 2.41. The predicted molar refractivity (Wildman–Crippen MR) is 115 cm³/mol. The highest BCUT2D eigenvalue weighted by atomic mass is 19.4. The van der Waals surface area contributed by atoms with Crippen molar-refractivity contribution in [3.8, 4) is 0 Å². The number of unbranched alkanes of at least 4 members (excludes halogenated alkanes) is 1. The fourth-order valence-electron chi connectivity index (χ4n) is 4.54. The van der Waals surface area contributed by atoms with Gasteiger partial charge in [0.05, 0.1) is 5.69 Å². The molecule has 0 aliphatic carbocycles. The van der Waals surface area contributed by atoms with E-state index in [1.807, 2.05) is 32.6 Å². The van der Waals surface area contributed by atoms with Crippen LogP contribution in [-0.2, 0) is 19.3 Å². The van der Waals surface area contributed by atoms with E-state index >= 15 is 0 Å². The van der Waals surface area contributed by atoms with E-state index in [9.17, 15) is 13.2 Å². The van der Waals surface area contributed by atoms with Crippen molar-refractivity contribution in [2.24, 2.45) is 0 Å². The van der Waals surface area contributed by atoms with Gasteiger partial charge in [0.25, 0.3) is 0 Å². The molecule has 0 bridgehead atoms. The molecule has 2 heterocycles. The summed E-state index contributed by atoms with van der Waals surface area (Å²) in [7, 11) is 0. The van der Waals surface area contributed by atoms with Crippen LogP contribution in [0.15, 0.2) is 12.1 Å². The van der Waals surface area contributed by atoms with E-state index in [1.165, 1.54) is 0 Å². The average molecular weight is 423 g/mol. The fraction of sp³-hybridized carbons (Fsp3) is 0.609. The molecule has 3 rings (SSSR count). The van der Waals surface area contributed by atoms with Gasteiger partial charge >= 0.3 is 6.18 Å². The van der Waals surface area contributed by atoms with Crippen LogP contribution in [0.3, 0.4) is 0 Å². The Bertz CT molecular complexity index is 862. The first kappa shape index (κ1) is 22.7. The molecule has 1 aromatic heterocycles. The normalized spacial score (nSPS) is 14.5. The first-order valence-electron chi connectivity index (χ1n) is 10.9. The highest BCUT2D eigenvalue weighted by Crippen LogP contribution is 2.40. The van der Waals surface area contributed by atoms with Crippen LogP contribution < -0.4 is 4.90 Å². The second-order valence-electron chi connectivity index (χ2n) is 8.33. The van der Waals surface area contributed by atoms with Crippen molar-refractivity contribution in [3.63, 3.8) is 0 Å². The van der Waals surface area contributed by atoms with Gasteiger partial charge in [0.15, 0.2) is 5.69 Å². The van der Waals surface area contributed by atoms with Gasteiger partial charge in [-0.05, 0) is 57.8 Å². The summed E-state index contributed by atoms with van der Waals surface area (Å²) < 4.78 is 43.7. The smallest absolute Gasteiger partial charge is 0.312 e. The number of rotatable bonds is 7. The first-order chi connectivity index (χ1) is 14.2. The van der Waals surface area contributed by atoms with Crippen molar-refractivity contribution in [1.29, 1.82) is 0 Å². The fourth-order valence-corrected chi connectivity index (χ4v) is 4.54. The summed E-state index contributed by atoms with van der Waals surface area (Å²) in [5, 5.41) is 0. The van der Waals surface area contributed by atoms with Gasteiger partial charge in [0.1, 0.15) is 0 Å². The lowest BCUT2D eigenvalue weighted by atomic mass is 10.0. The summed E-state index contributed by atoms with van der Waals surface area (Å²) in [5.41, 5.74) is 3.82. The number of anilines is 2. The van der Waals surface area contributed by atoms with Crippen LogP contribution in [0.4, 0.5) is 24.8 Å². The van der Waals surface area contributed by atoms with E-state index in [1.54, 1.807) is 4.57 Å². The average Bonchev–Trinajstić information content (AvgIpc) is 3.04. The highest BCUT2D eigenvalue weighted by molar-refractivity contribution is 5.68. The number of alkyl halides is 3. The molecule has 0 saturated carbocycles. The Balaban J connectivity index is 2.09. The first-order valence-corrected chi connectivity index (χ1v) is 10.9. The third-order valence-electron chi connectivity index (χ3n) is 5.88. The zero-order valence-electron chi connectivity index (χ0n) is 18.7. The molecule has 4 nitrogen and oxygen atoms in total. The van der Waals surface area contributed by atoms with Crippen LogP contribution in [0.2, 0.25) is 0 Å². The summed E-state index contributed by atoms with van der Waals surface area (Å²) in [6, 6.07) is 4.17. The molecule has 0 unspecified atom stereocenters. The molecule has 0 amide bonds. The van der Waals surface area contributed by atoms with Crippen molar-refractivity contribution in [2.75, 3.05) is 24.5 Å². The number of halogens is 3. The number of fused-ring (bicyclic) bond motifs is 1. The van der Waals surface area contributed by atoms with Crippen LogP contribution in [0.5, 0.6) is 0 Å². The maximum absolute atomic E-state index is 14.0. The van der Waals surface area contributed by atoms with E-state index in [0.29, 0.717) is 24.7 Å². The Kier molecular flexibility index (Phi) is 6.80. The van der Waals surface area contributed by atoms with Gasteiger partial charge in [-0.25, -0.2) is 4.98 Å². The summed E-state index contributed by atoms with van der Waals surface area (Å²) in [5.74, 6) is 0.421. The van der Waals surface area contributed by atoms with Gasteiger partial charge in [-0.1, -0.05) is 38.0 Å². The Morgan fingerprint density at radius 3 is 2.30 bits per heavy atom. The predicted octanol–water partition coefficient (Wildman–Crippen LogP) is 5.99. The van der Waals surface area contributed by atoms with Gasteiger partial charge in [0.2, 0.25) is 5.95 Å². The summed E-state index contributed by atoms with van der Waals surface area (Å²) in [6.07, 6.45) is -1.68. The van der Waals surface area contributed by atoms with Gasteiger partial charge < -0.3 is 9.47 Å². The zero-order valence-corrected chi connectivity index (χ0v) is 18.7. The molecule has 0 radical (unpaired) electrons. The molecular formula is C23H33F3N4. The lowest BCUT2D eigenvalue weighted by Gasteiger charge is -2.32. The molecule has 0 spiro atoms. The minimum absolute atomic E-state index is 0.276. The summed E-state index contributed by atoms with van der Waals surface area (Å²) >= 11 is 0. The molecule has 2 aromatic rings. The Hall–Kier alpha value is -2.02. The standard InChI is InChI=1S/C23H33F3N4/c1-6-8-10-28(7-2)15-19-21(23(24,25)26)27-22-29(19)11-9-12-30(22)20-17(4)13-16(3)14-18(20)5/h13-14H,6-12,15H2,1-5H3. The molecule has 1 aliphatic rings. The number of nitrogens with zero attached hydrogens (tertiary/aromatic N) is 4. The molecule has 0 N–H and O–H groups in total. The number of aromatic nitrogens is 2. The van der Waals surface area contributed by atoms with Crippen molar-refractivity contribution >= 4 is 11.6 Å². The third kappa shape index (κ3) is 4.51. The Labute approximate surface area is 177 Å². The maximum atomic E-state index is 14.0. The van der Waals surface area contributed by atoms with Gasteiger partial charge in [0, 0.05) is 25.3 Å². The lowest BCUT2D eigenvalue weighted by Crippen LogP contribution is -2.31. The van der Waals surface area contributed by atoms with E-state index in [2.05, 4.69) is 28.9 Å². The van der Waals surface area contributed by atoms with E-state index in [0.717, 1.165) is 54.7 Å². The van der Waals surface area contributed by atoms with Crippen molar-refractivity contribution in [1.82, 2.24) is 14.5 Å². The summed E-state index contributed by atoms with van der Waals surface area (Å²) in [4.78, 5) is 8.26. The van der Waals surface area contributed by atoms with Gasteiger partial charge in [-0.3, -0.25) is 4.90 Å². The van der Waals surface area contributed by atoms with Crippen molar-refractivity contribution < 1.29 is 13.2 Å². The topological polar surface area (TPSA) is 24.3 Å². The Morgan fingerprint density at radius 2 is 1.73 bits per heavy atom. The van der Waals surface area contributed by atoms with Gasteiger partial charge in [-0.2, -0.15) is 13.2 Å². The largest absolute Gasteiger partial charge is 0.435 e. The van der Waals surface area contributed by atoms with E-state index in [-0.39, 0.29) is 6.54 Å². The lowest BCUT2D eigenvalue weighted by molar-refractivity contribution is -0.141. The number of aryl methyl sites for hydroxylation is 3. The van der Waals surface area contributed by atoms with Crippen LogP contribution in [0.25, 0.3) is 0 Å². The third-order valence-corrected chi connectivity index (χ3v) is 5.88. The molecule has 0 saturated heterocycles. The zero-order chi connectivity index (χ0) is 22.1. The van der Waals surface area contributed by atoms with E-state index < -0.39 is 11.9 Å². The van der Waals surface area contributed by atoms with Crippen molar-refractivity contribution in [3.05, 3.63) is 40.2 Å². The molecule has 30 heavy (non-hydrogen) atoms. The van der Waals surface area contributed by atoms with Crippen LogP contribution in [0.1, 0.15) is 61.2 Å². The van der Waals surface area contributed by atoms with Crippen LogP contribution >= 0.6 is 0 Å². The van der Waals surface area contributed by atoms with Crippen LogP contribution in [0, 0.1) is 20.8 Å². The summed E-state index contributed by atoms with van der Waals surface area (Å²) in [6.45, 7) is 13.2. The SMILES string of the molecule is CCCCN(CC)Cc1c(C(F)(F)F)nc2n1CCCN2c1c(C)cc(C)cc1C. The number of hydrogen-bond acceptors (Lipinski definition) is 3.